The molecular formula is C17H23NO4. The molecule has 2 rings (SSSR count). The second-order valence-electron chi connectivity index (χ2n) is 5.75. The lowest BCUT2D eigenvalue weighted by Gasteiger charge is -2.33. The zero-order valence-electron chi connectivity index (χ0n) is 13.2. The third-order valence-corrected chi connectivity index (χ3v) is 3.70. The van der Waals surface area contributed by atoms with E-state index in [0.29, 0.717) is 0 Å². The molecule has 1 fully saturated rings. The number of carbonyl (C=O) groups excluding carboxylic acids is 1. The van der Waals surface area contributed by atoms with Gasteiger partial charge in [0.25, 0.3) is 0 Å². The van der Waals surface area contributed by atoms with Crippen LogP contribution in [-0.2, 0) is 16.1 Å². The Bertz CT molecular complexity index is 527. The average molecular weight is 305 g/mol. The van der Waals surface area contributed by atoms with Crippen LogP contribution in [0.25, 0.3) is 0 Å². The lowest BCUT2D eigenvalue weighted by Crippen LogP contribution is -2.51. The summed E-state index contributed by atoms with van der Waals surface area (Å²) in [5.74, 6) is 0. The molecule has 2 atom stereocenters. The standard InChI is InChI=1S/C17H23NO4/c1-4-8-15(19)14-12-22-17(2,3)18(14)16(20)21-11-13-9-6-5-7-10-13/h4-10,14-15,19H,11-12H2,1-3H3/b8-4+/t14-,15+/m1/s1. The van der Waals surface area contributed by atoms with Crippen molar-refractivity contribution in [3.63, 3.8) is 0 Å². The molecule has 1 heterocycles. The van der Waals surface area contributed by atoms with Gasteiger partial charge in [0, 0.05) is 0 Å². The molecule has 5 nitrogen and oxygen atoms in total. The molecule has 0 spiro atoms. The summed E-state index contributed by atoms with van der Waals surface area (Å²) < 4.78 is 11.0. The minimum absolute atomic E-state index is 0.193. The highest BCUT2D eigenvalue weighted by Crippen LogP contribution is 2.30. The van der Waals surface area contributed by atoms with Crippen LogP contribution in [0.4, 0.5) is 4.79 Å². The van der Waals surface area contributed by atoms with Crippen LogP contribution in [-0.4, -0.2) is 40.6 Å². The summed E-state index contributed by atoms with van der Waals surface area (Å²) >= 11 is 0. The molecule has 1 aromatic rings. The van der Waals surface area contributed by atoms with E-state index >= 15 is 0 Å². The largest absolute Gasteiger partial charge is 0.444 e. The summed E-state index contributed by atoms with van der Waals surface area (Å²) in [7, 11) is 0. The van der Waals surface area contributed by atoms with Crippen LogP contribution in [0.1, 0.15) is 26.3 Å². The molecule has 1 aliphatic rings. The van der Waals surface area contributed by atoms with E-state index < -0.39 is 24.0 Å². The van der Waals surface area contributed by atoms with Crippen molar-refractivity contribution in [1.29, 1.82) is 0 Å². The van der Waals surface area contributed by atoms with Crippen LogP contribution in [0.15, 0.2) is 42.5 Å². The van der Waals surface area contributed by atoms with Crippen molar-refractivity contribution in [3.05, 3.63) is 48.0 Å². The molecule has 1 aliphatic heterocycles. The van der Waals surface area contributed by atoms with Crippen LogP contribution < -0.4 is 0 Å². The first-order valence-corrected chi connectivity index (χ1v) is 7.40. The normalized spacial score (nSPS) is 22.0. The zero-order chi connectivity index (χ0) is 16.2. The number of rotatable bonds is 4. The highest BCUT2D eigenvalue weighted by atomic mass is 16.6. The van der Waals surface area contributed by atoms with E-state index in [-0.39, 0.29) is 13.2 Å². The number of allylic oxidation sites excluding steroid dienone is 1. The minimum Gasteiger partial charge on any atom is -0.444 e. The Morgan fingerprint density at radius 1 is 1.50 bits per heavy atom. The van der Waals surface area contributed by atoms with E-state index in [2.05, 4.69) is 0 Å². The lowest BCUT2D eigenvalue weighted by molar-refractivity contribution is -0.0525. The molecule has 0 unspecified atom stereocenters. The number of aliphatic hydroxyl groups is 1. The Labute approximate surface area is 131 Å². The first-order valence-electron chi connectivity index (χ1n) is 7.40. The van der Waals surface area contributed by atoms with Gasteiger partial charge in [-0.15, -0.1) is 0 Å². The second kappa shape index (κ2) is 6.94. The van der Waals surface area contributed by atoms with Crippen molar-refractivity contribution in [3.8, 4) is 0 Å². The second-order valence-corrected chi connectivity index (χ2v) is 5.75. The van der Waals surface area contributed by atoms with Gasteiger partial charge in [-0.2, -0.15) is 0 Å². The molecule has 0 bridgehead atoms. The van der Waals surface area contributed by atoms with Gasteiger partial charge in [-0.25, -0.2) is 4.79 Å². The molecule has 22 heavy (non-hydrogen) atoms. The third kappa shape index (κ3) is 3.67. The minimum atomic E-state index is -0.805. The SMILES string of the molecule is C/C=C/[C@H](O)[C@H]1COC(C)(C)N1C(=O)OCc1ccccc1. The molecular weight excluding hydrogens is 282 g/mol. The van der Waals surface area contributed by atoms with E-state index in [9.17, 15) is 9.90 Å². The van der Waals surface area contributed by atoms with Crippen molar-refractivity contribution in [2.45, 2.75) is 45.2 Å². The van der Waals surface area contributed by atoms with Crippen LogP contribution in [0.3, 0.4) is 0 Å². The molecule has 1 saturated heterocycles. The maximum absolute atomic E-state index is 12.4. The fourth-order valence-corrected chi connectivity index (χ4v) is 2.55. The maximum atomic E-state index is 12.4. The predicted octanol–water partition coefficient (Wildman–Crippen LogP) is 2.70. The Kier molecular flexibility index (Phi) is 5.21. The number of ether oxygens (including phenoxy) is 2. The van der Waals surface area contributed by atoms with Crippen LogP contribution in [0, 0.1) is 0 Å². The predicted molar refractivity (Wildman–Crippen MR) is 83.1 cm³/mol. The van der Waals surface area contributed by atoms with Gasteiger partial charge in [0.1, 0.15) is 12.3 Å². The summed E-state index contributed by atoms with van der Waals surface area (Å²) in [6.07, 6.45) is 2.13. The third-order valence-electron chi connectivity index (χ3n) is 3.70. The van der Waals surface area contributed by atoms with Crippen LogP contribution in [0.2, 0.25) is 0 Å². The monoisotopic (exact) mass is 305 g/mol. The van der Waals surface area contributed by atoms with Gasteiger partial charge in [-0.1, -0.05) is 42.5 Å². The number of amides is 1. The van der Waals surface area contributed by atoms with Crippen molar-refractivity contribution in [2.75, 3.05) is 6.61 Å². The van der Waals surface area contributed by atoms with Gasteiger partial charge in [0.15, 0.2) is 0 Å². The summed E-state index contributed by atoms with van der Waals surface area (Å²) in [6.45, 7) is 5.87. The van der Waals surface area contributed by atoms with Crippen molar-refractivity contribution >= 4 is 6.09 Å². The van der Waals surface area contributed by atoms with Crippen LogP contribution >= 0.6 is 0 Å². The highest BCUT2D eigenvalue weighted by molar-refractivity contribution is 5.69. The number of nitrogens with zero attached hydrogens (tertiary/aromatic N) is 1. The Morgan fingerprint density at radius 3 is 2.82 bits per heavy atom. The molecule has 1 N–H and O–H groups in total. The fourth-order valence-electron chi connectivity index (χ4n) is 2.55. The van der Waals surface area contributed by atoms with Gasteiger partial charge in [0.05, 0.1) is 18.8 Å². The molecule has 0 radical (unpaired) electrons. The van der Waals surface area contributed by atoms with E-state index in [0.717, 1.165) is 5.56 Å². The summed E-state index contributed by atoms with van der Waals surface area (Å²) in [5.41, 5.74) is 0.111. The summed E-state index contributed by atoms with van der Waals surface area (Å²) in [5, 5.41) is 10.2. The molecule has 0 aliphatic carbocycles. The number of benzene rings is 1. The molecule has 120 valence electrons. The number of carbonyl (C=O) groups is 1. The van der Waals surface area contributed by atoms with Gasteiger partial charge in [0.2, 0.25) is 0 Å². The zero-order valence-corrected chi connectivity index (χ0v) is 13.2. The van der Waals surface area contributed by atoms with Gasteiger partial charge in [-0.3, -0.25) is 4.90 Å². The highest BCUT2D eigenvalue weighted by Gasteiger charge is 2.47. The van der Waals surface area contributed by atoms with Crippen molar-refractivity contribution in [2.24, 2.45) is 0 Å². The Balaban J connectivity index is 2.06. The number of aliphatic hydroxyl groups excluding tert-OH is 1. The van der Waals surface area contributed by atoms with Crippen molar-refractivity contribution < 1.29 is 19.4 Å². The van der Waals surface area contributed by atoms with E-state index in [1.165, 1.54) is 4.90 Å². The maximum Gasteiger partial charge on any atom is 0.412 e. The topological polar surface area (TPSA) is 59.0 Å². The molecule has 5 heteroatoms. The smallest absolute Gasteiger partial charge is 0.412 e. The lowest BCUT2D eigenvalue weighted by atomic mass is 10.1. The average Bonchev–Trinajstić information content (AvgIpc) is 2.82. The van der Waals surface area contributed by atoms with E-state index in [4.69, 9.17) is 9.47 Å². The van der Waals surface area contributed by atoms with E-state index in [1.807, 2.05) is 37.3 Å². The molecule has 0 saturated carbocycles. The first kappa shape index (κ1) is 16.5. The fraction of sp³-hybridized carbons (Fsp3) is 0.471. The summed E-state index contributed by atoms with van der Waals surface area (Å²) in [6, 6.07) is 9.03. The first-order chi connectivity index (χ1) is 10.5. The molecule has 1 aromatic carbocycles. The van der Waals surface area contributed by atoms with E-state index in [1.54, 1.807) is 26.0 Å². The molecule has 1 amide bonds. The summed E-state index contributed by atoms with van der Waals surface area (Å²) in [4.78, 5) is 13.9. The van der Waals surface area contributed by atoms with Gasteiger partial charge in [-0.05, 0) is 26.3 Å². The van der Waals surface area contributed by atoms with Crippen molar-refractivity contribution in [1.82, 2.24) is 4.90 Å². The van der Waals surface area contributed by atoms with Gasteiger partial charge >= 0.3 is 6.09 Å². The number of hydrogen-bond donors (Lipinski definition) is 1. The Morgan fingerprint density at radius 2 is 2.18 bits per heavy atom. The Hall–Kier alpha value is -1.85. The van der Waals surface area contributed by atoms with Gasteiger partial charge < -0.3 is 14.6 Å². The van der Waals surface area contributed by atoms with Crippen LogP contribution in [0.5, 0.6) is 0 Å². The molecule has 0 aromatic heterocycles. The quantitative estimate of drug-likeness (QED) is 0.869. The number of hydrogen-bond acceptors (Lipinski definition) is 4.